The molecule has 1 saturated heterocycles. The minimum atomic E-state index is -0.314. The Morgan fingerprint density at radius 3 is 2.47 bits per heavy atom. The summed E-state index contributed by atoms with van der Waals surface area (Å²) in [4.78, 5) is 26.1. The van der Waals surface area contributed by atoms with Gasteiger partial charge in [0.05, 0.1) is 29.5 Å². The normalized spacial score (nSPS) is 44.6. The third-order valence-corrected chi connectivity index (χ3v) is 16.9. The molecule has 5 saturated carbocycles. The fourth-order valence-corrected chi connectivity index (χ4v) is 14.3. The van der Waals surface area contributed by atoms with Crippen LogP contribution >= 0.6 is 0 Å². The monoisotopic (exact) mass is 668 g/mol. The van der Waals surface area contributed by atoms with Crippen LogP contribution in [0.1, 0.15) is 143 Å². The van der Waals surface area contributed by atoms with Crippen molar-refractivity contribution in [2.24, 2.45) is 56.7 Å². The van der Waals surface area contributed by atoms with E-state index in [0.29, 0.717) is 35.5 Å². The molecule has 0 bridgehead atoms. The average Bonchev–Trinajstić information content (AvgIpc) is 3.82. The number of hydrogen-bond donors (Lipinski definition) is 2. The molecular formula is C44H65N3O2. The van der Waals surface area contributed by atoms with Gasteiger partial charge in [0, 0.05) is 6.54 Å². The number of nitrogens with zero attached hydrogens (tertiary/aromatic N) is 2. The van der Waals surface area contributed by atoms with Crippen LogP contribution in [0.15, 0.2) is 49.2 Å². The number of aliphatic hydroxyl groups excluding tert-OH is 1. The molecule has 0 radical (unpaired) electrons. The Hall–Kier alpha value is -2.40. The zero-order valence-corrected chi connectivity index (χ0v) is 31.8. The molecule has 268 valence electrons. The number of likely N-dealkylation sites (tertiary alicyclic amines) is 1. The fraction of sp³-hybridized carbons (Fsp3) is 0.727. The number of carbonyl (C=O) groups excluding carboxylic acids is 1. The standard InChI is InChI=1S/C44H65N3O2/c1-10-13-29(14-11-2)32-27-45-38(46-32)33-15-12-26-47(33)39(49)44-23-18-30(28(3)4)37(44)31-16-17-35-41(7)21-20-36(48)40(5,6)34(41)19-22-43(35,9)42(31,8)24-25-44/h10-11,13-14,27,30-31,33-37,48H,1,3,12,15-26H2,2,4-9H3,(H,45,46)/b14-11-,29-13+/t30-,31+,33-,34-,35+,36-,37+,41-,42+,43+,44-/m0/s1. The van der Waals surface area contributed by atoms with Gasteiger partial charge in [0.15, 0.2) is 0 Å². The number of rotatable bonds is 6. The molecule has 1 amide bonds. The van der Waals surface area contributed by atoms with Crippen LogP contribution in [0.5, 0.6) is 0 Å². The van der Waals surface area contributed by atoms with Gasteiger partial charge in [-0.2, -0.15) is 0 Å². The summed E-state index contributed by atoms with van der Waals surface area (Å²) in [5.41, 5.74) is 3.66. The lowest BCUT2D eigenvalue weighted by Gasteiger charge is -2.73. The van der Waals surface area contributed by atoms with Crippen molar-refractivity contribution in [1.82, 2.24) is 14.9 Å². The smallest absolute Gasteiger partial charge is 0.229 e. The molecule has 2 N–H and O–H groups in total. The molecule has 49 heavy (non-hydrogen) atoms. The van der Waals surface area contributed by atoms with Crippen molar-refractivity contribution in [3.63, 3.8) is 0 Å². The number of allylic oxidation sites excluding steroid dienone is 6. The Balaban J connectivity index is 1.22. The molecule has 0 unspecified atom stereocenters. The molecule has 0 spiro atoms. The highest BCUT2D eigenvalue weighted by atomic mass is 16.3. The molecule has 5 nitrogen and oxygen atoms in total. The molecule has 0 aromatic carbocycles. The van der Waals surface area contributed by atoms with E-state index in [0.717, 1.165) is 75.0 Å². The molecule has 11 atom stereocenters. The number of imidazole rings is 1. The maximum atomic E-state index is 15.4. The van der Waals surface area contributed by atoms with Crippen LogP contribution in [-0.4, -0.2) is 38.5 Å². The maximum Gasteiger partial charge on any atom is 0.229 e. The SMILES string of the molecule is C=C/C=C(\C=C/C)c1cnc([C@@H]2CCCN2C(=O)[C@]23CC[C@@H](C(=C)C)[C@@H]2[C@H]2CC[C@@H]4[C@@]5(C)CC[C@H](O)C(C)(C)[C@@H]5CC[C@@]4(C)[C@]2(C)CC3)[nH]1. The molecule has 5 heteroatoms. The predicted octanol–water partition coefficient (Wildman–Crippen LogP) is 10.2. The quantitative estimate of drug-likeness (QED) is 0.234. The molecule has 6 aliphatic rings. The lowest BCUT2D eigenvalue weighted by atomic mass is 9.32. The zero-order chi connectivity index (χ0) is 35.1. The van der Waals surface area contributed by atoms with Gasteiger partial charge < -0.3 is 15.0 Å². The Morgan fingerprint density at radius 1 is 0.980 bits per heavy atom. The van der Waals surface area contributed by atoms with Gasteiger partial charge in [-0.15, -0.1) is 0 Å². The minimum Gasteiger partial charge on any atom is -0.393 e. The fourth-order valence-electron chi connectivity index (χ4n) is 14.3. The first kappa shape index (κ1) is 35.0. The van der Waals surface area contributed by atoms with Crippen molar-refractivity contribution >= 4 is 11.5 Å². The summed E-state index contributed by atoms with van der Waals surface area (Å²) in [6.07, 6.45) is 22.9. The summed E-state index contributed by atoms with van der Waals surface area (Å²) in [6.45, 7) is 26.2. The third-order valence-electron chi connectivity index (χ3n) is 16.9. The van der Waals surface area contributed by atoms with Crippen LogP contribution in [0.4, 0.5) is 0 Å². The Kier molecular flexibility index (Phi) is 8.64. The number of H-pyrrole nitrogens is 1. The van der Waals surface area contributed by atoms with Gasteiger partial charge >= 0.3 is 0 Å². The van der Waals surface area contributed by atoms with Gasteiger partial charge in [-0.1, -0.05) is 77.7 Å². The Labute approximate surface area is 297 Å². The van der Waals surface area contributed by atoms with E-state index in [-0.39, 0.29) is 39.2 Å². The van der Waals surface area contributed by atoms with E-state index in [2.05, 4.69) is 70.7 Å². The lowest BCUT2D eigenvalue weighted by Crippen LogP contribution is -2.67. The first-order valence-corrected chi connectivity index (χ1v) is 19.8. The van der Waals surface area contributed by atoms with Gasteiger partial charge in [-0.25, -0.2) is 4.98 Å². The second-order valence-corrected chi connectivity index (χ2v) is 18.9. The summed E-state index contributed by atoms with van der Waals surface area (Å²) >= 11 is 0. The molecule has 7 rings (SSSR count). The van der Waals surface area contributed by atoms with Crippen molar-refractivity contribution in [2.75, 3.05) is 6.54 Å². The maximum absolute atomic E-state index is 15.4. The highest BCUT2D eigenvalue weighted by Gasteiger charge is 2.72. The van der Waals surface area contributed by atoms with E-state index in [1.54, 1.807) is 0 Å². The summed E-state index contributed by atoms with van der Waals surface area (Å²) in [5.74, 6) is 3.85. The van der Waals surface area contributed by atoms with E-state index < -0.39 is 0 Å². The van der Waals surface area contributed by atoms with E-state index in [9.17, 15) is 5.11 Å². The number of aromatic nitrogens is 2. The first-order valence-electron chi connectivity index (χ1n) is 19.8. The molecule has 6 fully saturated rings. The topological polar surface area (TPSA) is 69.2 Å². The molecule has 1 aliphatic heterocycles. The van der Waals surface area contributed by atoms with E-state index in [1.165, 1.54) is 31.3 Å². The van der Waals surface area contributed by atoms with Crippen LogP contribution in [0.2, 0.25) is 0 Å². The number of amides is 1. The van der Waals surface area contributed by atoms with Crippen molar-refractivity contribution in [3.05, 3.63) is 60.8 Å². The Morgan fingerprint density at radius 2 is 1.76 bits per heavy atom. The van der Waals surface area contributed by atoms with E-state index >= 15 is 4.79 Å². The van der Waals surface area contributed by atoms with Crippen LogP contribution in [0.25, 0.3) is 5.57 Å². The molecule has 2 heterocycles. The number of nitrogens with one attached hydrogen (secondary N) is 1. The van der Waals surface area contributed by atoms with Crippen molar-refractivity contribution in [1.29, 1.82) is 0 Å². The number of aliphatic hydroxyl groups is 1. The first-order chi connectivity index (χ1) is 23.2. The van der Waals surface area contributed by atoms with Gasteiger partial charge in [0.25, 0.3) is 0 Å². The molecule has 1 aromatic heterocycles. The highest BCUT2D eigenvalue weighted by Crippen LogP contribution is 2.77. The van der Waals surface area contributed by atoms with Crippen LogP contribution in [0, 0.1) is 56.7 Å². The number of hydrogen-bond acceptors (Lipinski definition) is 3. The zero-order valence-electron chi connectivity index (χ0n) is 31.8. The summed E-state index contributed by atoms with van der Waals surface area (Å²) in [6, 6.07) is -0.00228. The van der Waals surface area contributed by atoms with Crippen LogP contribution in [-0.2, 0) is 4.79 Å². The lowest BCUT2D eigenvalue weighted by molar-refractivity contribution is -0.247. The molecule has 5 aliphatic carbocycles. The molecular weight excluding hydrogens is 603 g/mol. The second kappa shape index (κ2) is 12.1. The van der Waals surface area contributed by atoms with Crippen LogP contribution < -0.4 is 0 Å². The third kappa shape index (κ3) is 4.86. The highest BCUT2D eigenvalue weighted by molar-refractivity contribution is 5.84. The van der Waals surface area contributed by atoms with Crippen molar-refractivity contribution in [2.45, 2.75) is 138 Å². The van der Waals surface area contributed by atoms with E-state index in [1.807, 2.05) is 31.3 Å². The Bertz CT molecular complexity index is 1550. The molecule has 1 aromatic rings. The average molecular weight is 668 g/mol. The second-order valence-electron chi connectivity index (χ2n) is 18.9. The minimum absolute atomic E-state index is 0.00228. The van der Waals surface area contributed by atoms with Crippen LogP contribution in [0.3, 0.4) is 0 Å². The number of carbonyl (C=O) groups is 1. The predicted molar refractivity (Wildman–Crippen MR) is 200 cm³/mol. The number of fused-ring (bicyclic) bond motifs is 7. The van der Waals surface area contributed by atoms with Gasteiger partial charge in [0.1, 0.15) is 5.82 Å². The summed E-state index contributed by atoms with van der Waals surface area (Å²) in [5, 5.41) is 11.1. The van der Waals surface area contributed by atoms with Crippen molar-refractivity contribution in [3.8, 4) is 0 Å². The van der Waals surface area contributed by atoms with Gasteiger partial charge in [-0.05, 0) is 148 Å². The largest absolute Gasteiger partial charge is 0.393 e. The van der Waals surface area contributed by atoms with Gasteiger partial charge in [0.2, 0.25) is 5.91 Å². The summed E-state index contributed by atoms with van der Waals surface area (Å²) in [7, 11) is 0. The van der Waals surface area contributed by atoms with Gasteiger partial charge in [-0.3, -0.25) is 4.79 Å². The van der Waals surface area contributed by atoms with E-state index in [4.69, 9.17) is 4.98 Å². The number of aromatic amines is 1. The van der Waals surface area contributed by atoms with Crippen molar-refractivity contribution < 1.29 is 9.90 Å². The summed E-state index contributed by atoms with van der Waals surface area (Å²) < 4.78 is 0.